The molecule has 1 heterocycles. The first-order chi connectivity index (χ1) is 7.16. The topological polar surface area (TPSA) is 41.1 Å². The number of amides is 1. The molecular formula is C12H22N2O. The highest BCUT2D eigenvalue weighted by molar-refractivity contribution is 5.79. The van der Waals surface area contributed by atoms with Crippen LogP contribution in [0.25, 0.3) is 0 Å². The Labute approximate surface area is 92.0 Å². The van der Waals surface area contributed by atoms with Gasteiger partial charge >= 0.3 is 0 Å². The molecule has 2 N–H and O–H groups in total. The van der Waals surface area contributed by atoms with Gasteiger partial charge in [0.1, 0.15) is 0 Å². The van der Waals surface area contributed by atoms with Crippen LogP contribution in [0.3, 0.4) is 0 Å². The van der Waals surface area contributed by atoms with Crippen molar-refractivity contribution in [1.82, 2.24) is 10.6 Å². The second-order valence-corrected chi connectivity index (χ2v) is 5.21. The number of hydrogen-bond donors (Lipinski definition) is 2. The van der Waals surface area contributed by atoms with Crippen molar-refractivity contribution in [3.63, 3.8) is 0 Å². The zero-order valence-corrected chi connectivity index (χ0v) is 9.75. The highest BCUT2D eigenvalue weighted by Gasteiger charge is 2.33. The summed E-state index contributed by atoms with van der Waals surface area (Å²) in [7, 11) is 0. The van der Waals surface area contributed by atoms with Crippen LogP contribution in [0.4, 0.5) is 0 Å². The average Bonchev–Trinajstić information content (AvgIpc) is 2.99. The lowest BCUT2D eigenvalue weighted by molar-refractivity contribution is -0.126. The van der Waals surface area contributed by atoms with Crippen LogP contribution < -0.4 is 10.6 Å². The second-order valence-electron chi connectivity index (χ2n) is 5.21. The van der Waals surface area contributed by atoms with Gasteiger partial charge in [-0.25, -0.2) is 0 Å². The first-order valence-corrected chi connectivity index (χ1v) is 6.20. The lowest BCUT2D eigenvalue weighted by Crippen LogP contribution is -2.48. The molecule has 86 valence electrons. The molecule has 3 nitrogen and oxygen atoms in total. The Balaban J connectivity index is 1.77. The van der Waals surface area contributed by atoms with Gasteiger partial charge in [0, 0.05) is 18.0 Å². The minimum absolute atomic E-state index is 0.232. The number of carbonyl (C=O) groups is 1. The van der Waals surface area contributed by atoms with Gasteiger partial charge in [0.25, 0.3) is 0 Å². The molecule has 1 saturated carbocycles. The molecule has 0 aromatic carbocycles. The smallest absolute Gasteiger partial charge is 0.223 e. The Morgan fingerprint density at radius 3 is 2.73 bits per heavy atom. The Morgan fingerprint density at radius 1 is 1.40 bits per heavy atom. The Bertz CT molecular complexity index is 238. The third kappa shape index (κ3) is 2.94. The zero-order valence-electron chi connectivity index (χ0n) is 9.75. The highest BCUT2D eigenvalue weighted by Crippen LogP contribution is 2.36. The highest BCUT2D eigenvalue weighted by atomic mass is 16.1. The number of hydrogen-bond acceptors (Lipinski definition) is 2. The van der Waals surface area contributed by atoms with E-state index in [-0.39, 0.29) is 11.8 Å². The number of rotatable bonds is 3. The molecule has 3 heteroatoms. The first-order valence-electron chi connectivity index (χ1n) is 6.20. The van der Waals surface area contributed by atoms with Crippen molar-refractivity contribution in [2.75, 3.05) is 6.54 Å². The molecule has 1 aliphatic heterocycles. The molecule has 2 fully saturated rings. The van der Waals surface area contributed by atoms with E-state index in [1.54, 1.807) is 0 Å². The molecule has 0 aromatic heterocycles. The zero-order chi connectivity index (χ0) is 10.8. The van der Waals surface area contributed by atoms with Crippen LogP contribution in [0, 0.1) is 11.8 Å². The van der Waals surface area contributed by atoms with Crippen molar-refractivity contribution in [3.8, 4) is 0 Å². The summed E-state index contributed by atoms with van der Waals surface area (Å²) in [4.78, 5) is 11.9. The van der Waals surface area contributed by atoms with E-state index in [1.165, 1.54) is 12.8 Å². The van der Waals surface area contributed by atoms with Crippen LogP contribution in [-0.4, -0.2) is 24.5 Å². The summed E-state index contributed by atoms with van der Waals surface area (Å²) in [5.74, 6) is 1.18. The number of carbonyl (C=O) groups excluding carboxylic acids is 1. The van der Waals surface area contributed by atoms with Crippen LogP contribution >= 0.6 is 0 Å². The summed E-state index contributed by atoms with van der Waals surface area (Å²) in [5.41, 5.74) is 0. The van der Waals surface area contributed by atoms with Crippen molar-refractivity contribution in [2.24, 2.45) is 11.8 Å². The van der Waals surface area contributed by atoms with E-state index in [0.29, 0.717) is 18.0 Å². The largest absolute Gasteiger partial charge is 0.353 e. The average molecular weight is 210 g/mol. The third-order valence-electron chi connectivity index (χ3n) is 3.71. The molecule has 2 aliphatic rings. The molecular weight excluding hydrogens is 188 g/mol. The van der Waals surface area contributed by atoms with Crippen LogP contribution in [0.15, 0.2) is 0 Å². The summed E-state index contributed by atoms with van der Waals surface area (Å²) < 4.78 is 0. The van der Waals surface area contributed by atoms with E-state index in [4.69, 9.17) is 0 Å². The van der Waals surface area contributed by atoms with Crippen LogP contribution in [-0.2, 0) is 4.79 Å². The van der Waals surface area contributed by atoms with Gasteiger partial charge < -0.3 is 10.6 Å². The van der Waals surface area contributed by atoms with E-state index < -0.39 is 0 Å². The maximum Gasteiger partial charge on any atom is 0.223 e. The van der Waals surface area contributed by atoms with Crippen molar-refractivity contribution < 1.29 is 4.79 Å². The molecule has 15 heavy (non-hydrogen) atoms. The normalized spacial score (nSPS) is 33.5. The summed E-state index contributed by atoms with van der Waals surface area (Å²) in [6.45, 7) is 5.28. The molecule has 1 aliphatic carbocycles. The van der Waals surface area contributed by atoms with Crippen LogP contribution in [0.5, 0.6) is 0 Å². The maximum atomic E-state index is 11.9. The fourth-order valence-electron chi connectivity index (χ4n) is 2.41. The van der Waals surface area contributed by atoms with Crippen molar-refractivity contribution in [1.29, 1.82) is 0 Å². The first kappa shape index (κ1) is 10.9. The Morgan fingerprint density at radius 2 is 2.13 bits per heavy atom. The molecule has 1 amide bonds. The van der Waals surface area contributed by atoms with Crippen molar-refractivity contribution in [3.05, 3.63) is 0 Å². The van der Waals surface area contributed by atoms with E-state index in [1.807, 2.05) is 0 Å². The molecule has 0 radical (unpaired) electrons. The van der Waals surface area contributed by atoms with Gasteiger partial charge in [0.2, 0.25) is 5.91 Å². The Hall–Kier alpha value is -0.570. The van der Waals surface area contributed by atoms with Gasteiger partial charge in [0.05, 0.1) is 0 Å². The maximum absolute atomic E-state index is 11.9. The molecule has 0 bridgehead atoms. The number of piperidine rings is 1. The monoisotopic (exact) mass is 210 g/mol. The molecule has 3 unspecified atom stereocenters. The van der Waals surface area contributed by atoms with Gasteiger partial charge in [0.15, 0.2) is 0 Å². The van der Waals surface area contributed by atoms with Crippen LogP contribution in [0.2, 0.25) is 0 Å². The van der Waals surface area contributed by atoms with Gasteiger partial charge in [-0.2, -0.15) is 0 Å². The molecule has 2 rings (SSSR count). The minimum atomic E-state index is 0.232. The molecule has 0 aromatic rings. The fraction of sp³-hybridized carbons (Fsp3) is 0.917. The predicted molar refractivity (Wildman–Crippen MR) is 60.5 cm³/mol. The minimum Gasteiger partial charge on any atom is -0.353 e. The lowest BCUT2D eigenvalue weighted by Gasteiger charge is -2.29. The van der Waals surface area contributed by atoms with Crippen molar-refractivity contribution >= 4 is 5.91 Å². The third-order valence-corrected chi connectivity index (χ3v) is 3.71. The Kier molecular flexibility index (Phi) is 3.29. The molecule has 1 saturated heterocycles. The summed E-state index contributed by atoms with van der Waals surface area (Å²) >= 11 is 0. The quantitative estimate of drug-likeness (QED) is 0.737. The van der Waals surface area contributed by atoms with E-state index in [2.05, 4.69) is 24.5 Å². The standard InChI is InChI=1S/C12H22N2O/c1-8-7-11(5-6-13-8)14-12(15)9(2)10-3-4-10/h8-11,13H,3-7H2,1-2H3,(H,14,15). The lowest BCUT2D eigenvalue weighted by atomic mass is 9.98. The fourth-order valence-corrected chi connectivity index (χ4v) is 2.41. The molecule has 0 spiro atoms. The molecule has 3 atom stereocenters. The van der Waals surface area contributed by atoms with E-state index >= 15 is 0 Å². The van der Waals surface area contributed by atoms with Gasteiger partial charge in [-0.05, 0) is 45.1 Å². The van der Waals surface area contributed by atoms with Crippen LogP contribution in [0.1, 0.15) is 39.5 Å². The van der Waals surface area contributed by atoms with Gasteiger partial charge in [-0.15, -0.1) is 0 Å². The second kappa shape index (κ2) is 4.52. The summed E-state index contributed by atoms with van der Waals surface area (Å²) in [6, 6.07) is 0.940. The predicted octanol–water partition coefficient (Wildman–Crippen LogP) is 1.29. The van der Waals surface area contributed by atoms with E-state index in [0.717, 1.165) is 19.4 Å². The van der Waals surface area contributed by atoms with Gasteiger partial charge in [-0.1, -0.05) is 6.92 Å². The number of nitrogens with one attached hydrogen (secondary N) is 2. The summed E-state index contributed by atoms with van der Waals surface area (Å²) in [6.07, 6.45) is 4.64. The van der Waals surface area contributed by atoms with E-state index in [9.17, 15) is 4.79 Å². The SMILES string of the molecule is CC1CC(NC(=O)C(C)C2CC2)CCN1. The van der Waals surface area contributed by atoms with Gasteiger partial charge in [-0.3, -0.25) is 4.79 Å². The summed E-state index contributed by atoms with van der Waals surface area (Å²) in [5, 5.41) is 6.59. The van der Waals surface area contributed by atoms with Crippen molar-refractivity contribution in [2.45, 2.75) is 51.6 Å².